The largest absolute Gasteiger partial charge is 0.490 e. The predicted molar refractivity (Wildman–Crippen MR) is 103 cm³/mol. The Kier molecular flexibility index (Phi) is 7.47. The molecule has 1 heterocycles. The van der Waals surface area contributed by atoms with Crippen LogP contribution >= 0.6 is 11.3 Å². The molecule has 0 atom stereocenters. The van der Waals surface area contributed by atoms with Gasteiger partial charge in [0.25, 0.3) is 0 Å². The molecule has 0 aliphatic carbocycles. The topological polar surface area (TPSA) is 60.5 Å². The van der Waals surface area contributed by atoms with Crippen LogP contribution in [0.5, 0.6) is 11.5 Å². The molecule has 6 heteroatoms. The molecule has 0 unspecified atom stereocenters. The van der Waals surface area contributed by atoms with E-state index < -0.39 is 0 Å². The van der Waals surface area contributed by atoms with Gasteiger partial charge >= 0.3 is 0 Å². The van der Waals surface area contributed by atoms with E-state index in [1.54, 1.807) is 23.5 Å². The Balaban J connectivity index is 2.04. The van der Waals surface area contributed by atoms with E-state index in [9.17, 15) is 4.79 Å². The number of benzene rings is 1. The molecule has 0 aliphatic heterocycles. The van der Waals surface area contributed by atoms with Crippen LogP contribution in [0.4, 0.5) is 5.69 Å². The average molecular weight is 360 g/mol. The Morgan fingerprint density at radius 1 is 1.20 bits per heavy atom. The number of amides is 1. The van der Waals surface area contributed by atoms with E-state index in [1.807, 2.05) is 31.4 Å². The van der Waals surface area contributed by atoms with Crippen molar-refractivity contribution in [1.82, 2.24) is 4.98 Å². The van der Waals surface area contributed by atoms with Crippen LogP contribution in [0, 0.1) is 6.92 Å². The van der Waals surface area contributed by atoms with Crippen molar-refractivity contribution in [2.45, 2.75) is 33.6 Å². The fraction of sp³-hybridized carbons (Fsp3) is 0.368. The van der Waals surface area contributed by atoms with Crippen LogP contribution in [-0.4, -0.2) is 24.1 Å². The first-order chi connectivity index (χ1) is 12.1. The summed E-state index contributed by atoms with van der Waals surface area (Å²) in [5, 5.41) is 5.72. The van der Waals surface area contributed by atoms with Gasteiger partial charge in [-0.15, -0.1) is 11.3 Å². The maximum Gasteiger partial charge on any atom is 0.248 e. The standard InChI is InChI=1S/C19H24N2O3S/c1-4-10-23-17-8-6-15(12-18(17)24-11-5-2)21-19(22)9-7-16-13-25-14(3)20-16/h6-9,12-13H,4-5,10-11H2,1-3H3,(H,21,22)/b9-7+. The number of carbonyl (C=O) groups excluding carboxylic acids is 1. The van der Waals surface area contributed by atoms with Gasteiger partial charge in [-0.3, -0.25) is 4.79 Å². The smallest absolute Gasteiger partial charge is 0.248 e. The number of ether oxygens (including phenoxy) is 2. The third-order valence-corrected chi connectivity index (χ3v) is 3.97. The lowest BCUT2D eigenvalue weighted by atomic mass is 10.2. The summed E-state index contributed by atoms with van der Waals surface area (Å²) < 4.78 is 11.4. The predicted octanol–water partition coefficient (Wildman–Crippen LogP) is 4.68. The molecule has 1 amide bonds. The molecular formula is C19H24N2O3S. The first-order valence-corrected chi connectivity index (χ1v) is 9.31. The molecule has 0 saturated heterocycles. The number of hydrogen-bond donors (Lipinski definition) is 1. The number of nitrogens with one attached hydrogen (secondary N) is 1. The van der Waals surface area contributed by atoms with Crippen molar-refractivity contribution in [3.63, 3.8) is 0 Å². The van der Waals surface area contributed by atoms with Gasteiger partial charge in [0.1, 0.15) is 0 Å². The van der Waals surface area contributed by atoms with Crippen molar-refractivity contribution in [2.24, 2.45) is 0 Å². The number of aromatic nitrogens is 1. The van der Waals surface area contributed by atoms with Crippen LogP contribution in [-0.2, 0) is 4.79 Å². The molecule has 0 saturated carbocycles. The van der Waals surface area contributed by atoms with Crippen molar-refractivity contribution in [3.8, 4) is 11.5 Å². The van der Waals surface area contributed by atoms with Crippen LogP contribution in [0.3, 0.4) is 0 Å². The Bertz CT molecular complexity index is 725. The van der Waals surface area contributed by atoms with Gasteiger partial charge in [0.15, 0.2) is 11.5 Å². The van der Waals surface area contributed by atoms with Crippen molar-refractivity contribution >= 4 is 29.0 Å². The number of hydrogen-bond acceptors (Lipinski definition) is 5. The van der Waals surface area contributed by atoms with Gasteiger partial charge in [-0.2, -0.15) is 0 Å². The maximum atomic E-state index is 12.1. The zero-order valence-electron chi connectivity index (χ0n) is 14.9. The normalized spacial score (nSPS) is 10.8. The van der Waals surface area contributed by atoms with Crippen LogP contribution in [0.1, 0.15) is 37.4 Å². The summed E-state index contributed by atoms with van der Waals surface area (Å²) in [5.41, 5.74) is 1.45. The van der Waals surface area contributed by atoms with Crippen LogP contribution in [0.25, 0.3) is 6.08 Å². The minimum atomic E-state index is -0.214. The molecule has 1 aromatic carbocycles. The van der Waals surface area contributed by atoms with E-state index in [-0.39, 0.29) is 5.91 Å². The highest BCUT2D eigenvalue weighted by Crippen LogP contribution is 2.31. The Hall–Kier alpha value is -2.34. The van der Waals surface area contributed by atoms with E-state index in [0.717, 1.165) is 23.5 Å². The molecular weight excluding hydrogens is 336 g/mol. The summed E-state index contributed by atoms with van der Waals surface area (Å²) in [4.78, 5) is 16.4. The Morgan fingerprint density at radius 2 is 1.92 bits per heavy atom. The lowest BCUT2D eigenvalue weighted by Gasteiger charge is -2.13. The van der Waals surface area contributed by atoms with E-state index in [0.29, 0.717) is 30.4 Å². The molecule has 25 heavy (non-hydrogen) atoms. The second-order valence-electron chi connectivity index (χ2n) is 5.47. The molecule has 2 rings (SSSR count). The highest BCUT2D eigenvalue weighted by Gasteiger charge is 2.08. The second kappa shape index (κ2) is 9.84. The summed E-state index contributed by atoms with van der Waals surface area (Å²) in [6.45, 7) is 7.26. The fourth-order valence-electron chi connectivity index (χ4n) is 2.04. The average Bonchev–Trinajstić information content (AvgIpc) is 3.02. The maximum absolute atomic E-state index is 12.1. The first-order valence-electron chi connectivity index (χ1n) is 8.43. The molecule has 0 bridgehead atoms. The summed E-state index contributed by atoms with van der Waals surface area (Å²) >= 11 is 1.55. The van der Waals surface area contributed by atoms with Crippen molar-refractivity contribution in [2.75, 3.05) is 18.5 Å². The summed E-state index contributed by atoms with van der Waals surface area (Å²) in [6, 6.07) is 5.42. The highest BCUT2D eigenvalue weighted by molar-refractivity contribution is 7.09. The number of nitrogens with zero attached hydrogens (tertiary/aromatic N) is 1. The third-order valence-electron chi connectivity index (χ3n) is 3.18. The van der Waals surface area contributed by atoms with Crippen molar-refractivity contribution in [1.29, 1.82) is 0 Å². The van der Waals surface area contributed by atoms with Crippen LogP contribution in [0.2, 0.25) is 0 Å². The zero-order valence-corrected chi connectivity index (χ0v) is 15.7. The number of thiazole rings is 1. The Labute approximate surface area is 152 Å². The molecule has 0 spiro atoms. The minimum Gasteiger partial charge on any atom is -0.490 e. The summed E-state index contributed by atoms with van der Waals surface area (Å²) in [7, 11) is 0. The molecule has 0 fully saturated rings. The first kappa shape index (κ1) is 19.0. The van der Waals surface area contributed by atoms with Crippen molar-refractivity contribution in [3.05, 3.63) is 40.4 Å². The summed E-state index contributed by atoms with van der Waals surface area (Å²) in [5.74, 6) is 1.13. The lowest BCUT2D eigenvalue weighted by Crippen LogP contribution is -2.08. The van der Waals surface area contributed by atoms with Gasteiger partial charge in [-0.1, -0.05) is 13.8 Å². The summed E-state index contributed by atoms with van der Waals surface area (Å²) in [6.07, 6.45) is 5.00. The molecule has 134 valence electrons. The SMILES string of the molecule is CCCOc1ccc(NC(=O)/C=C/c2csc(C)n2)cc1OCCC. The number of aryl methyl sites for hydroxylation is 1. The monoisotopic (exact) mass is 360 g/mol. The number of anilines is 1. The van der Waals surface area contributed by atoms with E-state index in [2.05, 4.69) is 17.2 Å². The van der Waals surface area contributed by atoms with Gasteiger partial charge in [-0.05, 0) is 38.0 Å². The molecule has 0 aliphatic rings. The number of rotatable bonds is 9. The quantitative estimate of drug-likeness (QED) is 0.660. The van der Waals surface area contributed by atoms with Gasteiger partial charge in [0.2, 0.25) is 5.91 Å². The van der Waals surface area contributed by atoms with Gasteiger partial charge in [0.05, 0.1) is 23.9 Å². The van der Waals surface area contributed by atoms with E-state index >= 15 is 0 Å². The zero-order chi connectivity index (χ0) is 18.1. The minimum absolute atomic E-state index is 0.214. The van der Waals surface area contributed by atoms with Gasteiger partial charge < -0.3 is 14.8 Å². The molecule has 5 nitrogen and oxygen atoms in total. The fourth-order valence-corrected chi connectivity index (χ4v) is 2.62. The molecule has 0 radical (unpaired) electrons. The highest BCUT2D eigenvalue weighted by atomic mass is 32.1. The van der Waals surface area contributed by atoms with Crippen LogP contribution in [0.15, 0.2) is 29.7 Å². The Morgan fingerprint density at radius 3 is 2.56 bits per heavy atom. The van der Waals surface area contributed by atoms with Crippen molar-refractivity contribution < 1.29 is 14.3 Å². The molecule has 1 N–H and O–H groups in total. The van der Waals surface area contributed by atoms with E-state index in [4.69, 9.17) is 9.47 Å². The second-order valence-corrected chi connectivity index (χ2v) is 6.53. The van der Waals surface area contributed by atoms with Crippen LogP contribution < -0.4 is 14.8 Å². The van der Waals surface area contributed by atoms with E-state index in [1.165, 1.54) is 6.08 Å². The van der Waals surface area contributed by atoms with Gasteiger partial charge in [-0.25, -0.2) is 4.98 Å². The number of carbonyl (C=O) groups is 1. The lowest BCUT2D eigenvalue weighted by molar-refractivity contribution is -0.111. The molecule has 2 aromatic rings. The van der Waals surface area contributed by atoms with Gasteiger partial charge in [0, 0.05) is 23.2 Å². The molecule has 1 aromatic heterocycles. The third kappa shape index (κ3) is 6.23.